The molecule has 1 aromatic carbocycles. The van der Waals surface area contributed by atoms with Crippen molar-refractivity contribution in [1.29, 1.82) is 5.26 Å². The number of benzene rings is 1. The van der Waals surface area contributed by atoms with E-state index in [1.165, 1.54) is 6.92 Å². The summed E-state index contributed by atoms with van der Waals surface area (Å²) in [4.78, 5) is 11.0. The molecule has 0 aliphatic rings. The van der Waals surface area contributed by atoms with Gasteiger partial charge >= 0.3 is 0 Å². The monoisotopic (exact) mass is 159 g/mol. The average molecular weight is 159 g/mol. The van der Waals surface area contributed by atoms with Gasteiger partial charge in [-0.25, -0.2) is 0 Å². The Hall–Kier alpha value is -1.62. The number of hydrogen-bond donors (Lipinski definition) is 0. The molecule has 0 spiro atoms. The summed E-state index contributed by atoms with van der Waals surface area (Å²) in [5.41, 5.74) is 1.46. The quantitative estimate of drug-likeness (QED) is 0.619. The topological polar surface area (TPSA) is 40.9 Å². The van der Waals surface area contributed by atoms with Crippen LogP contribution in [0.25, 0.3) is 0 Å². The van der Waals surface area contributed by atoms with Crippen molar-refractivity contribution in [1.82, 2.24) is 0 Å². The van der Waals surface area contributed by atoms with Crippen molar-refractivity contribution < 1.29 is 4.79 Å². The van der Waals surface area contributed by atoms with Gasteiger partial charge in [0, 0.05) is 5.56 Å². The van der Waals surface area contributed by atoms with E-state index in [9.17, 15) is 4.79 Å². The largest absolute Gasteiger partial charge is 0.295 e. The Balaban J connectivity index is 3.10. The van der Waals surface area contributed by atoms with E-state index in [-0.39, 0.29) is 5.78 Å². The smallest absolute Gasteiger partial charge is 0.160 e. The third-order valence-corrected chi connectivity index (χ3v) is 1.67. The van der Waals surface area contributed by atoms with Crippen molar-refractivity contribution in [2.24, 2.45) is 0 Å². The highest BCUT2D eigenvalue weighted by Crippen LogP contribution is 2.09. The lowest BCUT2D eigenvalue weighted by molar-refractivity contribution is 0.101. The average Bonchev–Trinajstić information content (AvgIpc) is 2.05. The van der Waals surface area contributed by atoms with Crippen LogP contribution in [0.3, 0.4) is 0 Å². The third kappa shape index (κ3) is 1.70. The predicted octanol–water partition coefficient (Wildman–Crippen LogP) is 1.96. The van der Waals surface area contributed by atoms with Gasteiger partial charge in [-0.3, -0.25) is 4.79 Å². The number of Topliss-reactive ketones (excluding diaryl/α,β-unsaturated/α-hetero) is 1. The Labute approximate surface area is 71.4 Å². The van der Waals surface area contributed by atoms with Gasteiger partial charge in [0.25, 0.3) is 0 Å². The Bertz CT molecular complexity index is 336. The molecule has 0 saturated carbocycles. The molecule has 0 aliphatic carbocycles. The fraction of sp³-hybridized carbons (Fsp3) is 0.200. The molecule has 0 heterocycles. The molecule has 0 aromatic heterocycles. The highest BCUT2D eigenvalue weighted by Gasteiger charge is 2.04. The van der Waals surface area contributed by atoms with Crippen molar-refractivity contribution in [3.8, 4) is 6.07 Å². The summed E-state index contributed by atoms with van der Waals surface area (Å²) in [7, 11) is 0. The maximum absolute atomic E-state index is 11.0. The van der Waals surface area contributed by atoms with Gasteiger partial charge < -0.3 is 0 Å². The van der Waals surface area contributed by atoms with E-state index in [2.05, 4.69) is 0 Å². The van der Waals surface area contributed by atoms with Crippen molar-refractivity contribution in [2.45, 2.75) is 13.3 Å². The first-order valence-corrected chi connectivity index (χ1v) is 3.71. The summed E-state index contributed by atoms with van der Waals surface area (Å²) in [6, 6.07) is 9.21. The highest BCUT2D eigenvalue weighted by molar-refractivity contribution is 5.95. The van der Waals surface area contributed by atoms with Crippen LogP contribution in [0.4, 0.5) is 0 Å². The first kappa shape index (κ1) is 8.48. The fourth-order valence-electron chi connectivity index (χ4n) is 1.10. The Morgan fingerprint density at radius 1 is 1.50 bits per heavy atom. The predicted molar refractivity (Wildman–Crippen MR) is 45.8 cm³/mol. The number of nitrogens with zero attached hydrogens (tertiary/aromatic N) is 1. The van der Waals surface area contributed by atoms with Crippen molar-refractivity contribution >= 4 is 5.78 Å². The van der Waals surface area contributed by atoms with Gasteiger partial charge in [0.15, 0.2) is 5.78 Å². The first-order chi connectivity index (χ1) is 5.75. The van der Waals surface area contributed by atoms with E-state index in [0.29, 0.717) is 12.0 Å². The second kappa shape index (κ2) is 3.68. The number of carbonyl (C=O) groups is 1. The molecule has 1 rings (SSSR count). The standard InChI is InChI=1S/C10H9NO/c1-8(12)10-5-3-2-4-9(10)6-7-11/h2-5H,6H2,1H3. The molecule has 0 fully saturated rings. The maximum atomic E-state index is 11.0. The molecule has 0 N–H and O–H groups in total. The van der Waals surface area contributed by atoms with Crippen LogP contribution < -0.4 is 0 Å². The first-order valence-electron chi connectivity index (χ1n) is 3.71. The summed E-state index contributed by atoms with van der Waals surface area (Å²) in [5, 5.41) is 8.46. The molecule has 0 amide bonds. The number of hydrogen-bond acceptors (Lipinski definition) is 2. The van der Waals surface area contributed by atoms with E-state index in [1.54, 1.807) is 18.2 Å². The molecule has 60 valence electrons. The second-order valence-corrected chi connectivity index (χ2v) is 2.55. The molecule has 2 heteroatoms. The minimum absolute atomic E-state index is 0.0147. The molecule has 2 nitrogen and oxygen atoms in total. The van der Waals surface area contributed by atoms with Crippen molar-refractivity contribution in [3.63, 3.8) is 0 Å². The van der Waals surface area contributed by atoms with E-state index in [4.69, 9.17) is 5.26 Å². The van der Waals surface area contributed by atoms with Crippen molar-refractivity contribution in [2.75, 3.05) is 0 Å². The van der Waals surface area contributed by atoms with Gasteiger partial charge in [-0.15, -0.1) is 0 Å². The lowest BCUT2D eigenvalue weighted by Crippen LogP contribution is -1.97. The van der Waals surface area contributed by atoms with Gasteiger partial charge in [-0.2, -0.15) is 5.26 Å². The van der Waals surface area contributed by atoms with Crippen LogP contribution >= 0.6 is 0 Å². The van der Waals surface area contributed by atoms with Crippen molar-refractivity contribution in [3.05, 3.63) is 35.4 Å². The van der Waals surface area contributed by atoms with Crippen LogP contribution in [-0.4, -0.2) is 5.78 Å². The number of carbonyl (C=O) groups excluding carboxylic acids is 1. The molecule has 12 heavy (non-hydrogen) atoms. The number of rotatable bonds is 2. The zero-order valence-electron chi connectivity index (χ0n) is 6.87. The minimum atomic E-state index is 0.0147. The lowest BCUT2D eigenvalue weighted by atomic mass is 10.0. The molecule has 1 aromatic rings. The van der Waals surface area contributed by atoms with Gasteiger partial charge in [0.05, 0.1) is 12.5 Å². The third-order valence-electron chi connectivity index (χ3n) is 1.67. The van der Waals surface area contributed by atoms with E-state index >= 15 is 0 Å². The maximum Gasteiger partial charge on any atom is 0.160 e. The van der Waals surface area contributed by atoms with E-state index in [1.807, 2.05) is 12.1 Å². The number of nitriles is 1. The van der Waals surface area contributed by atoms with Crippen LogP contribution in [0.2, 0.25) is 0 Å². The molecule has 0 saturated heterocycles. The molecule has 0 radical (unpaired) electrons. The van der Waals surface area contributed by atoms with Crippen LogP contribution in [0.15, 0.2) is 24.3 Å². The van der Waals surface area contributed by atoms with Crippen LogP contribution in [-0.2, 0) is 6.42 Å². The summed E-state index contributed by atoms with van der Waals surface area (Å²) in [6.07, 6.45) is 0.301. The van der Waals surface area contributed by atoms with Gasteiger partial charge in [-0.1, -0.05) is 24.3 Å². The van der Waals surface area contributed by atoms with E-state index in [0.717, 1.165) is 5.56 Å². The normalized spacial score (nSPS) is 9.00. The summed E-state index contributed by atoms with van der Waals surface area (Å²) in [5.74, 6) is 0.0147. The minimum Gasteiger partial charge on any atom is -0.295 e. The van der Waals surface area contributed by atoms with Gasteiger partial charge in [0.2, 0.25) is 0 Å². The summed E-state index contributed by atoms with van der Waals surface area (Å²) in [6.45, 7) is 1.51. The molecule has 0 unspecified atom stereocenters. The second-order valence-electron chi connectivity index (χ2n) is 2.55. The summed E-state index contributed by atoms with van der Waals surface area (Å²) < 4.78 is 0. The lowest BCUT2D eigenvalue weighted by Gasteiger charge is -2.00. The Morgan fingerprint density at radius 3 is 2.75 bits per heavy atom. The molecular formula is C10H9NO. The molecule has 0 aliphatic heterocycles. The summed E-state index contributed by atoms with van der Waals surface area (Å²) >= 11 is 0. The zero-order chi connectivity index (χ0) is 8.97. The van der Waals surface area contributed by atoms with Crippen LogP contribution in [0, 0.1) is 11.3 Å². The van der Waals surface area contributed by atoms with E-state index < -0.39 is 0 Å². The van der Waals surface area contributed by atoms with Crippen LogP contribution in [0.5, 0.6) is 0 Å². The Kier molecular flexibility index (Phi) is 2.60. The highest BCUT2D eigenvalue weighted by atomic mass is 16.1. The molecule has 0 atom stereocenters. The molecule has 0 bridgehead atoms. The SMILES string of the molecule is CC(=O)c1ccccc1CC#N. The Morgan fingerprint density at radius 2 is 2.17 bits per heavy atom. The van der Waals surface area contributed by atoms with Crippen LogP contribution in [0.1, 0.15) is 22.8 Å². The van der Waals surface area contributed by atoms with Gasteiger partial charge in [-0.05, 0) is 12.5 Å². The fourth-order valence-corrected chi connectivity index (χ4v) is 1.10. The molecular weight excluding hydrogens is 150 g/mol. The van der Waals surface area contributed by atoms with Gasteiger partial charge in [0.1, 0.15) is 0 Å². The zero-order valence-corrected chi connectivity index (χ0v) is 6.87. The number of ketones is 1.